The molecule has 0 amide bonds. The van der Waals surface area contributed by atoms with Crippen molar-refractivity contribution < 1.29 is 0 Å². The van der Waals surface area contributed by atoms with E-state index in [4.69, 9.17) is 0 Å². The fourth-order valence-electron chi connectivity index (χ4n) is 2.38. The predicted octanol–water partition coefficient (Wildman–Crippen LogP) is 11.0. The molecule has 0 aliphatic heterocycles. The maximum atomic E-state index is 2.31. The molecule has 0 aliphatic carbocycles. The van der Waals surface area contributed by atoms with Crippen LogP contribution in [0.25, 0.3) is 0 Å². The molecule has 0 fully saturated rings. The minimum atomic E-state index is 0.843. The average Bonchev–Trinajstić information content (AvgIpc) is 2.52. The minimum Gasteiger partial charge on any atom is -0.0628 e. The second-order valence-electron chi connectivity index (χ2n) is 12.2. The number of rotatable bonds is 8. The van der Waals surface area contributed by atoms with Crippen LogP contribution in [0.3, 0.4) is 0 Å². The molecule has 29 heavy (non-hydrogen) atoms. The van der Waals surface area contributed by atoms with Crippen molar-refractivity contribution in [3.8, 4) is 0 Å². The first kappa shape index (κ1) is 36.4. The van der Waals surface area contributed by atoms with Crippen molar-refractivity contribution in [2.45, 2.75) is 137 Å². The molecule has 0 saturated heterocycles. The molecule has 0 atom stereocenters. The first-order valence-electron chi connectivity index (χ1n) is 12.9. The van der Waals surface area contributed by atoms with Crippen LogP contribution in [0.4, 0.5) is 0 Å². The molecular formula is C29H66. The molecule has 0 aromatic rings. The third kappa shape index (κ3) is 42.9. The van der Waals surface area contributed by atoms with E-state index < -0.39 is 0 Å². The summed E-state index contributed by atoms with van der Waals surface area (Å²) in [6.07, 6.45) is 4.13. The lowest BCUT2D eigenvalue weighted by Gasteiger charge is -2.18. The van der Waals surface area contributed by atoms with E-state index in [2.05, 4.69) is 118 Å². The van der Waals surface area contributed by atoms with Gasteiger partial charge in [0.05, 0.1) is 0 Å². The maximum absolute atomic E-state index is 2.31. The Morgan fingerprint density at radius 1 is 0.310 bits per heavy atom. The first-order chi connectivity index (χ1) is 12.9. The summed E-state index contributed by atoms with van der Waals surface area (Å²) in [5.41, 5.74) is 0. The Balaban J connectivity index is -0.000000145. The van der Waals surface area contributed by atoms with E-state index in [9.17, 15) is 0 Å². The highest BCUT2D eigenvalue weighted by Crippen LogP contribution is 2.18. The highest BCUT2D eigenvalue weighted by molar-refractivity contribution is 4.59. The molecule has 0 saturated carbocycles. The van der Waals surface area contributed by atoms with Crippen LogP contribution >= 0.6 is 0 Å². The molecule has 0 unspecified atom stereocenters. The van der Waals surface area contributed by atoms with Crippen molar-refractivity contribution in [3.05, 3.63) is 0 Å². The van der Waals surface area contributed by atoms with Crippen LogP contribution in [-0.4, -0.2) is 0 Å². The zero-order chi connectivity index (χ0) is 24.3. The number of hydrogen-bond donors (Lipinski definition) is 0. The predicted molar refractivity (Wildman–Crippen MR) is 142 cm³/mol. The third-order valence-corrected chi connectivity index (χ3v) is 5.70. The van der Waals surface area contributed by atoms with Gasteiger partial charge in [0, 0.05) is 0 Å². The molecule has 0 N–H and O–H groups in total. The zero-order valence-electron chi connectivity index (χ0n) is 24.3. The SMILES string of the molecule is CC(C)C(C)C.CC(C)C(C)C(C)C.CC(C)CC(C)C.CC(C)CCC(C)C. The van der Waals surface area contributed by atoms with Crippen molar-refractivity contribution in [3.63, 3.8) is 0 Å². The Morgan fingerprint density at radius 2 is 0.552 bits per heavy atom. The molecule has 0 aliphatic rings. The fraction of sp³-hybridized carbons (Fsp3) is 1.00. The standard InChI is InChI=1S/2C8H18.C7H16.C6H14/c1-7(2)5-6-8(3)4;1-6(2)8(5)7(3)4;1-6(2)5-7(3)4;1-5(2)6(3)4/h7-8H,5-6H2,1-4H3;6-8H,1-5H3;6-7H,5H2,1-4H3;5-6H,1-4H3. The summed E-state index contributed by atoms with van der Waals surface area (Å²) >= 11 is 0. The van der Waals surface area contributed by atoms with Crippen molar-refractivity contribution in [1.29, 1.82) is 0 Å². The highest BCUT2D eigenvalue weighted by Gasteiger charge is 2.09. The zero-order valence-corrected chi connectivity index (χ0v) is 24.3. The van der Waals surface area contributed by atoms with Crippen molar-refractivity contribution in [2.75, 3.05) is 0 Å². The van der Waals surface area contributed by atoms with Gasteiger partial charge in [0.2, 0.25) is 0 Å². The maximum Gasteiger partial charge on any atom is -0.0396 e. The van der Waals surface area contributed by atoms with E-state index in [1.54, 1.807) is 0 Å². The van der Waals surface area contributed by atoms with Crippen LogP contribution in [0.5, 0.6) is 0 Å². The van der Waals surface area contributed by atoms with Gasteiger partial charge in [-0.15, -0.1) is 0 Å². The Labute approximate surface area is 190 Å². The lowest BCUT2D eigenvalue weighted by atomic mass is 9.88. The van der Waals surface area contributed by atoms with Crippen LogP contribution in [0, 0.1) is 53.3 Å². The number of hydrogen-bond acceptors (Lipinski definition) is 0. The molecule has 0 nitrogen and oxygen atoms in total. The second kappa shape index (κ2) is 22.7. The van der Waals surface area contributed by atoms with Gasteiger partial charge >= 0.3 is 0 Å². The summed E-state index contributed by atoms with van der Waals surface area (Å²) < 4.78 is 0. The van der Waals surface area contributed by atoms with Gasteiger partial charge in [0.25, 0.3) is 0 Å². The van der Waals surface area contributed by atoms with Gasteiger partial charge in [-0.3, -0.25) is 0 Å². The van der Waals surface area contributed by atoms with Crippen LogP contribution < -0.4 is 0 Å². The summed E-state index contributed by atoms with van der Waals surface area (Å²) in [5.74, 6) is 7.78. The summed E-state index contributed by atoms with van der Waals surface area (Å²) in [4.78, 5) is 0. The molecule has 0 heterocycles. The highest BCUT2D eigenvalue weighted by atomic mass is 14.2. The summed E-state index contributed by atoms with van der Waals surface area (Å²) in [6.45, 7) is 38.6. The van der Waals surface area contributed by atoms with Crippen molar-refractivity contribution >= 4 is 0 Å². The molecular weight excluding hydrogens is 348 g/mol. The van der Waals surface area contributed by atoms with Gasteiger partial charge in [-0.1, -0.05) is 131 Å². The third-order valence-electron chi connectivity index (χ3n) is 5.70. The van der Waals surface area contributed by atoms with Crippen molar-refractivity contribution in [2.24, 2.45) is 53.3 Å². The molecule has 0 rings (SSSR count). The Bertz CT molecular complexity index is 250. The molecule has 0 heteroatoms. The van der Waals surface area contributed by atoms with Crippen LogP contribution in [0.15, 0.2) is 0 Å². The summed E-state index contributed by atoms with van der Waals surface area (Å²) in [6, 6.07) is 0. The summed E-state index contributed by atoms with van der Waals surface area (Å²) in [5, 5.41) is 0. The average molecular weight is 415 g/mol. The Morgan fingerprint density at radius 3 is 0.586 bits per heavy atom. The molecule has 0 aromatic carbocycles. The smallest absolute Gasteiger partial charge is 0.0396 e. The van der Waals surface area contributed by atoms with Crippen molar-refractivity contribution in [1.82, 2.24) is 0 Å². The van der Waals surface area contributed by atoms with E-state index in [0.29, 0.717) is 0 Å². The topological polar surface area (TPSA) is 0 Å². The molecule has 0 spiro atoms. The molecule has 0 aromatic heterocycles. The largest absolute Gasteiger partial charge is 0.0628 e. The van der Waals surface area contributed by atoms with Crippen LogP contribution in [-0.2, 0) is 0 Å². The fourth-order valence-corrected chi connectivity index (χ4v) is 2.38. The normalized spacial score (nSPS) is 11.4. The van der Waals surface area contributed by atoms with Crippen LogP contribution in [0.2, 0.25) is 0 Å². The van der Waals surface area contributed by atoms with Gasteiger partial charge in [-0.2, -0.15) is 0 Å². The molecule has 0 radical (unpaired) electrons. The molecule has 182 valence electrons. The van der Waals surface area contributed by atoms with E-state index in [-0.39, 0.29) is 0 Å². The van der Waals surface area contributed by atoms with Gasteiger partial charge in [-0.05, 0) is 59.7 Å². The van der Waals surface area contributed by atoms with Gasteiger partial charge in [-0.25, -0.2) is 0 Å². The Kier molecular flexibility index (Phi) is 28.4. The second-order valence-corrected chi connectivity index (χ2v) is 12.2. The van der Waals surface area contributed by atoms with Crippen LogP contribution in [0.1, 0.15) is 137 Å². The van der Waals surface area contributed by atoms with E-state index in [0.717, 1.165) is 53.3 Å². The van der Waals surface area contributed by atoms with E-state index >= 15 is 0 Å². The van der Waals surface area contributed by atoms with Gasteiger partial charge < -0.3 is 0 Å². The van der Waals surface area contributed by atoms with E-state index in [1.165, 1.54) is 19.3 Å². The quantitative estimate of drug-likeness (QED) is 0.370. The lowest BCUT2D eigenvalue weighted by molar-refractivity contribution is 0.316. The first-order valence-corrected chi connectivity index (χ1v) is 12.9. The Hall–Kier alpha value is 0. The van der Waals surface area contributed by atoms with Gasteiger partial charge in [0.1, 0.15) is 0 Å². The monoisotopic (exact) mass is 415 g/mol. The summed E-state index contributed by atoms with van der Waals surface area (Å²) in [7, 11) is 0. The van der Waals surface area contributed by atoms with E-state index in [1.807, 2.05) is 0 Å². The minimum absolute atomic E-state index is 0.843. The molecule has 0 bridgehead atoms. The lowest BCUT2D eigenvalue weighted by Crippen LogP contribution is -2.10. The van der Waals surface area contributed by atoms with Gasteiger partial charge in [0.15, 0.2) is 0 Å².